The van der Waals surface area contributed by atoms with Crippen molar-refractivity contribution in [2.75, 3.05) is 11.9 Å². The van der Waals surface area contributed by atoms with Gasteiger partial charge < -0.3 is 9.47 Å². The topological polar surface area (TPSA) is 38.1 Å². The van der Waals surface area contributed by atoms with E-state index in [2.05, 4.69) is 35.8 Å². The van der Waals surface area contributed by atoms with Crippen LogP contribution in [0.25, 0.3) is 11.4 Å². The molecule has 144 valence electrons. The van der Waals surface area contributed by atoms with Crippen LogP contribution in [0.2, 0.25) is 0 Å². The molecule has 0 aliphatic carbocycles. The number of benzene rings is 2. The fourth-order valence-corrected chi connectivity index (χ4v) is 3.93. The van der Waals surface area contributed by atoms with Crippen molar-refractivity contribution >= 4 is 11.6 Å². The summed E-state index contributed by atoms with van der Waals surface area (Å²) in [6.45, 7) is 5.05. The number of fused-ring (bicyclic) bond motifs is 1. The number of carbonyl (C=O) groups excluding carboxylic acids is 1. The monoisotopic (exact) mass is 373 g/mol. The molecule has 0 fully saturated rings. The highest BCUT2D eigenvalue weighted by Gasteiger charge is 2.26. The van der Waals surface area contributed by atoms with Crippen LogP contribution >= 0.6 is 0 Å². The van der Waals surface area contributed by atoms with Gasteiger partial charge in [0, 0.05) is 24.8 Å². The van der Waals surface area contributed by atoms with Gasteiger partial charge in [0.1, 0.15) is 5.82 Å². The number of hydrogen-bond donors (Lipinski definition) is 0. The molecule has 1 aromatic heterocycles. The third-order valence-electron chi connectivity index (χ3n) is 5.57. The second-order valence-electron chi connectivity index (χ2n) is 7.76. The Bertz CT molecular complexity index is 1000. The van der Waals surface area contributed by atoms with Crippen LogP contribution in [0.15, 0.2) is 48.5 Å². The molecule has 4 heteroatoms. The summed E-state index contributed by atoms with van der Waals surface area (Å²) in [4.78, 5) is 20.0. The van der Waals surface area contributed by atoms with E-state index in [-0.39, 0.29) is 5.91 Å². The van der Waals surface area contributed by atoms with Gasteiger partial charge in [-0.3, -0.25) is 4.79 Å². The lowest BCUT2D eigenvalue weighted by Crippen LogP contribution is -2.27. The van der Waals surface area contributed by atoms with Gasteiger partial charge in [0.25, 0.3) is 5.91 Å². The first-order chi connectivity index (χ1) is 13.5. The maximum absolute atomic E-state index is 13.4. The normalized spacial score (nSPS) is 13.7. The molecule has 0 saturated heterocycles. The Balaban J connectivity index is 1.78. The molecule has 2 aromatic carbocycles. The molecule has 0 saturated carbocycles. The van der Waals surface area contributed by atoms with E-state index < -0.39 is 0 Å². The molecule has 3 aromatic rings. The Morgan fingerprint density at radius 1 is 1.00 bits per heavy atom. The Morgan fingerprint density at radius 2 is 1.79 bits per heavy atom. The highest BCUT2D eigenvalue weighted by atomic mass is 16.2. The first kappa shape index (κ1) is 18.5. The highest BCUT2D eigenvalue weighted by molar-refractivity contribution is 6.05. The van der Waals surface area contributed by atoms with Crippen molar-refractivity contribution in [3.63, 3.8) is 0 Å². The number of nitrogens with zero attached hydrogens (tertiary/aromatic N) is 3. The molecular weight excluding hydrogens is 346 g/mol. The Hall–Kier alpha value is -2.88. The van der Waals surface area contributed by atoms with Crippen molar-refractivity contribution in [2.45, 2.75) is 46.1 Å². The van der Waals surface area contributed by atoms with Crippen LogP contribution in [0, 0.1) is 13.8 Å². The smallest absolute Gasteiger partial charge is 0.278 e. The number of rotatable bonds is 3. The van der Waals surface area contributed by atoms with Gasteiger partial charge in [-0.2, -0.15) is 0 Å². The fourth-order valence-electron chi connectivity index (χ4n) is 3.93. The van der Waals surface area contributed by atoms with E-state index in [0.717, 1.165) is 54.1 Å². The lowest BCUT2D eigenvalue weighted by molar-refractivity contribution is 0.0987. The molecule has 0 N–H and O–H groups in total. The van der Waals surface area contributed by atoms with Crippen LogP contribution in [0.5, 0.6) is 0 Å². The molecule has 4 nitrogen and oxygen atoms in total. The fraction of sp³-hybridized carbons (Fsp3) is 0.333. The quantitative estimate of drug-likeness (QED) is 0.635. The molecule has 0 atom stereocenters. The summed E-state index contributed by atoms with van der Waals surface area (Å²) >= 11 is 0. The molecule has 0 unspecified atom stereocenters. The van der Waals surface area contributed by atoms with Crippen LogP contribution < -0.4 is 4.90 Å². The maximum atomic E-state index is 13.4. The largest absolute Gasteiger partial charge is 0.327 e. The minimum Gasteiger partial charge on any atom is -0.327 e. The van der Waals surface area contributed by atoms with Gasteiger partial charge in [0.2, 0.25) is 0 Å². The lowest BCUT2D eigenvalue weighted by atomic mass is 10.1. The molecule has 0 bridgehead atoms. The number of amides is 1. The summed E-state index contributed by atoms with van der Waals surface area (Å²) in [5, 5.41) is 0. The number of hydrogen-bond acceptors (Lipinski definition) is 2. The van der Waals surface area contributed by atoms with Crippen LogP contribution in [0.3, 0.4) is 0 Å². The number of carbonyl (C=O) groups is 1. The van der Waals surface area contributed by atoms with Gasteiger partial charge in [0.15, 0.2) is 5.69 Å². The van der Waals surface area contributed by atoms with Crippen molar-refractivity contribution < 1.29 is 4.79 Å². The summed E-state index contributed by atoms with van der Waals surface area (Å²) in [6, 6.07) is 16.5. The predicted octanol–water partition coefficient (Wildman–Crippen LogP) is 5.17. The van der Waals surface area contributed by atoms with Gasteiger partial charge in [-0.1, -0.05) is 48.4 Å². The van der Waals surface area contributed by atoms with Crippen LogP contribution in [0.4, 0.5) is 5.69 Å². The SMILES string of the molecule is Cc1ccc(-c2nc(C(=O)N(C)c3cccc(C)c3)c3n2CCCCC3)cc1. The van der Waals surface area contributed by atoms with Crippen molar-refractivity contribution in [3.05, 3.63) is 71.0 Å². The molecule has 28 heavy (non-hydrogen) atoms. The predicted molar refractivity (Wildman–Crippen MR) is 114 cm³/mol. The minimum atomic E-state index is -0.0328. The molecule has 0 spiro atoms. The van der Waals surface area contributed by atoms with E-state index in [9.17, 15) is 4.79 Å². The summed E-state index contributed by atoms with van der Waals surface area (Å²) in [5.74, 6) is 0.882. The highest BCUT2D eigenvalue weighted by Crippen LogP contribution is 2.29. The summed E-state index contributed by atoms with van der Waals surface area (Å²) in [6.07, 6.45) is 4.33. The lowest BCUT2D eigenvalue weighted by Gasteiger charge is -2.17. The van der Waals surface area contributed by atoms with Crippen LogP contribution in [-0.2, 0) is 13.0 Å². The third-order valence-corrected chi connectivity index (χ3v) is 5.57. The maximum Gasteiger partial charge on any atom is 0.278 e. The van der Waals surface area contributed by atoms with E-state index in [1.54, 1.807) is 4.90 Å². The molecule has 0 radical (unpaired) electrons. The van der Waals surface area contributed by atoms with E-state index in [0.29, 0.717) is 5.69 Å². The standard InChI is InChI=1S/C24H27N3O/c1-17-11-13-19(14-12-17)23-25-22(21-10-5-4-6-15-27(21)23)24(28)26(3)20-9-7-8-18(2)16-20/h7-9,11-14,16H,4-6,10,15H2,1-3H3. The van der Waals surface area contributed by atoms with Gasteiger partial charge in [0.05, 0.1) is 5.69 Å². The van der Waals surface area contributed by atoms with Crippen molar-refractivity contribution in [1.29, 1.82) is 0 Å². The molecule has 4 rings (SSSR count). The first-order valence-electron chi connectivity index (χ1n) is 10.1. The Kier molecular flexibility index (Phi) is 5.03. The number of anilines is 1. The van der Waals surface area contributed by atoms with E-state index in [4.69, 9.17) is 4.98 Å². The summed E-state index contributed by atoms with van der Waals surface area (Å²) < 4.78 is 2.27. The first-order valence-corrected chi connectivity index (χ1v) is 10.1. The molecule has 1 aliphatic heterocycles. The number of imidazole rings is 1. The second-order valence-corrected chi connectivity index (χ2v) is 7.76. The van der Waals surface area contributed by atoms with Gasteiger partial charge >= 0.3 is 0 Å². The van der Waals surface area contributed by atoms with Crippen molar-refractivity contribution in [1.82, 2.24) is 9.55 Å². The minimum absolute atomic E-state index is 0.0328. The van der Waals surface area contributed by atoms with Gasteiger partial charge in [-0.25, -0.2) is 4.98 Å². The average molecular weight is 374 g/mol. The van der Waals surface area contributed by atoms with Crippen molar-refractivity contribution in [2.24, 2.45) is 0 Å². The van der Waals surface area contributed by atoms with Crippen LogP contribution in [0.1, 0.15) is 46.6 Å². The zero-order chi connectivity index (χ0) is 19.7. The van der Waals surface area contributed by atoms with E-state index >= 15 is 0 Å². The Labute approximate surface area is 166 Å². The molecule has 1 aliphatic rings. The second kappa shape index (κ2) is 7.63. The van der Waals surface area contributed by atoms with Gasteiger partial charge in [-0.05, 0) is 50.8 Å². The average Bonchev–Trinajstić information content (AvgIpc) is 2.88. The third kappa shape index (κ3) is 3.47. The number of aryl methyl sites for hydroxylation is 2. The zero-order valence-electron chi connectivity index (χ0n) is 16.9. The molecule has 1 amide bonds. The van der Waals surface area contributed by atoms with Crippen molar-refractivity contribution in [3.8, 4) is 11.4 Å². The van der Waals surface area contributed by atoms with Gasteiger partial charge in [-0.15, -0.1) is 0 Å². The molecular formula is C24H27N3O. The zero-order valence-corrected chi connectivity index (χ0v) is 16.9. The van der Waals surface area contributed by atoms with E-state index in [1.807, 2.05) is 38.2 Å². The van der Waals surface area contributed by atoms with E-state index in [1.165, 1.54) is 12.0 Å². The Morgan fingerprint density at radius 3 is 2.54 bits per heavy atom. The number of aromatic nitrogens is 2. The summed E-state index contributed by atoms with van der Waals surface area (Å²) in [7, 11) is 1.84. The summed E-state index contributed by atoms with van der Waals surface area (Å²) in [5.41, 5.74) is 6.02. The molecule has 2 heterocycles. The van der Waals surface area contributed by atoms with Crippen LogP contribution in [-0.4, -0.2) is 22.5 Å².